The number of nitrogens with zero attached hydrogens (tertiary/aromatic N) is 6. The monoisotopic (exact) mass is 964 g/mol. The number of benzene rings is 6. The maximum atomic E-state index is 14.1. The van der Waals surface area contributed by atoms with Gasteiger partial charge in [-0.15, -0.1) is 0 Å². The van der Waals surface area contributed by atoms with E-state index in [0.717, 1.165) is 81.4 Å². The Labute approximate surface area is 415 Å². The standard InChI is InChI=1S/C30H29FN4O2.C28H25FN4O2/c1-3-30(2)27(33-28(36)20-9-10-20)26(19-7-5-4-6-8-19)34(29(30)37)24-15-16-25-21(17-24)18-32-35(25)23-13-11-22(31)12-14-23;1-17-25(31-27(34)19-7-8-19)26(18-5-3-2-4-6-18)32(28(17)35)23-13-14-24-20(15-23)16-30-33(24)22-11-9-21(29)10-12-22/h4-8,11-18,20,26-27H,3,9-10H2,1-2H3,(H,33,36);2-6,9-17,19,25-26H,7-8H2,1H3,(H,31,34)/t26-,27-,30-;17-,25-,26+/m10/s1. The normalized spacial score (nSPS) is 22.8. The average molecular weight is 965 g/mol. The van der Waals surface area contributed by atoms with Gasteiger partial charge in [-0.25, -0.2) is 18.1 Å². The first-order chi connectivity index (χ1) is 34.9. The minimum atomic E-state index is -0.752. The number of anilines is 2. The summed E-state index contributed by atoms with van der Waals surface area (Å²) >= 11 is 0. The molecule has 2 saturated heterocycles. The van der Waals surface area contributed by atoms with Crippen LogP contribution in [0.2, 0.25) is 0 Å². The average Bonchev–Trinajstić information content (AvgIpc) is 4.33. The summed E-state index contributed by atoms with van der Waals surface area (Å²) in [6.45, 7) is 5.87. The van der Waals surface area contributed by atoms with Crippen molar-refractivity contribution in [2.24, 2.45) is 23.2 Å². The quantitative estimate of drug-likeness (QED) is 0.133. The van der Waals surface area contributed by atoms with Crippen molar-refractivity contribution in [1.82, 2.24) is 30.2 Å². The van der Waals surface area contributed by atoms with Crippen LogP contribution in [0.3, 0.4) is 0 Å². The molecule has 2 N–H and O–H groups in total. The zero-order chi connectivity index (χ0) is 49.8. The van der Waals surface area contributed by atoms with Gasteiger partial charge >= 0.3 is 0 Å². The molecule has 4 amide bonds. The molecule has 0 radical (unpaired) electrons. The van der Waals surface area contributed by atoms with Gasteiger partial charge in [0.2, 0.25) is 23.6 Å². The Morgan fingerprint density at radius 3 is 1.51 bits per heavy atom. The van der Waals surface area contributed by atoms with Crippen molar-refractivity contribution in [3.05, 3.63) is 181 Å². The molecule has 4 fully saturated rings. The molecule has 2 aliphatic carbocycles. The topological polar surface area (TPSA) is 134 Å². The van der Waals surface area contributed by atoms with E-state index < -0.39 is 5.41 Å². The van der Waals surface area contributed by atoms with E-state index in [0.29, 0.717) is 6.42 Å². The number of hydrogen-bond donors (Lipinski definition) is 2. The summed E-state index contributed by atoms with van der Waals surface area (Å²) in [5.41, 5.74) is 5.95. The summed E-state index contributed by atoms with van der Waals surface area (Å²) in [4.78, 5) is 57.0. The SMILES string of the molecule is CC[C@@]1(C)C(=O)N(c2ccc3c(cnn3-c3ccc(F)cc3)c2)[C@H](c2ccccc2)[C@H]1NC(=O)C1CC1.C[C@@H]1C(=O)N(c2ccc3c(cnn3-c3ccc(F)cc3)c2)[C@H](c2ccccc2)[C@H]1NC(=O)C1CC1. The molecule has 0 unspecified atom stereocenters. The molecule has 364 valence electrons. The third-order valence-electron chi connectivity index (χ3n) is 15.1. The lowest BCUT2D eigenvalue weighted by Gasteiger charge is -2.32. The number of amides is 4. The fourth-order valence-corrected chi connectivity index (χ4v) is 10.5. The summed E-state index contributed by atoms with van der Waals surface area (Å²) in [6.07, 6.45) is 7.74. The molecule has 2 saturated carbocycles. The summed E-state index contributed by atoms with van der Waals surface area (Å²) < 4.78 is 30.3. The number of carbonyl (C=O) groups is 4. The van der Waals surface area contributed by atoms with Crippen molar-refractivity contribution in [2.75, 3.05) is 9.80 Å². The number of nitrogens with one attached hydrogen (secondary N) is 2. The molecule has 12 rings (SSSR count). The number of fused-ring (bicyclic) bond motifs is 2. The van der Waals surface area contributed by atoms with E-state index in [1.807, 2.05) is 128 Å². The van der Waals surface area contributed by atoms with E-state index >= 15 is 0 Å². The first kappa shape index (κ1) is 46.4. The second-order valence-electron chi connectivity index (χ2n) is 19.8. The molecule has 0 spiro atoms. The minimum Gasteiger partial charge on any atom is -0.350 e. The van der Waals surface area contributed by atoms with E-state index in [-0.39, 0.29) is 77.2 Å². The summed E-state index contributed by atoms with van der Waals surface area (Å²) in [5.74, 6) is -0.800. The highest BCUT2D eigenvalue weighted by Gasteiger charge is 2.57. The van der Waals surface area contributed by atoms with Crippen LogP contribution in [-0.2, 0) is 19.2 Å². The molecule has 8 aromatic rings. The van der Waals surface area contributed by atoms with Crippen molar-refractivity contribution in [2.45, 2.75) is 77.0 Å². The predicted octanol–water partition coefficient (Wildman–Crippen LogP) is 10.3. The molecule has 4 heterocycles. The van der Waals surface area contributed by atoms with Gasteiger partial charge in [0.25, 0.3) is 0 Å². The first-order valence-corrected chi connectivity index (χ1v) is 24.8. The van der Waals surface area contributed by atoms with Gasteiger partial charge in [0.15, 0.2) is 0 Å². The van der Waals surface area contributed by atoms with Gasteiger partial charge in [-0.2, -0.15) is 10.2 Å². The number of hydrogen-bond acceptors (Lipinski definition) is 6. The van der Waals surface area contributed by atoms with Gasteiger partial charge in [-0.3, -0.25) is 19.2 Å². The highest BCUT2D eigenvalue weighted by molar-refractivity contribution is 6.04. The van der Waals surface area contributed by atoms with Crippen molar-refractivity contribution >= 4 is 56.8 Å². The van der Waals surface area contributed by atoms with Crippen LogP contribution >= 0.6 is 0 Å². The number of carbonyl (C=O) groups excluding carboxylic acids is 4. The van der Waals surface area contributed by atoms with Crippen LogP contribution in [0.4, 0.5) is 20.2 Å². The third-order valence-corrected chi connectivity index (χ3v) is 15.1. The second-order valence-corrected chi connectivity index (χ2v) is 19.8. The highest BCUT2D eigenvalue weighted by atomic mass is 19.1. The predicted molar refractivity (Wildman–Crippen MR) is 272 cm³/mol. The summed E-state index contributed by atoms with van der Waals surface area (Å²) in [6, 6.07) is 42.4. The van der Waals surface area contributed by atoms with Crippen LogP contribution in [0.25, 0.3) is 33.2 Å². The van der Waals surface area contributed by atoms with Crippen LogP contribution in [0, 0.1) is 34.8 Å². The zero-order valence-electron chi connectivity index (χ0n) is 40.2. The largest absolute Gasteiger partial charge is 0.350 e. The van der Waals surface area contributed by atoms with Crippen LogP contribution in [-0.4, -0.2) is 55.3 Å². The molecule has 6 aromatic carbocycles. The van der Waals surface area contributed by atoms with E-state index in [1.165, 1.54) is 24.3 Å². The van der Waals surface area contributed by atoms with E-state index in [9.17, 15) is 28.0 Å². The molecule has 72 heavy (non-hydrogen) atoms. The molecule has 14 heteroatoms. The maximum Gasteiger partial charge on any atom is 0.235 e. The minimum absolute atomic E-state index is 0.00442. The Balaban J connectivity index is 0.000000156. The van der Waals surface area contributed by atoms with E-state index in [2.05, 4.69) is 20.8 Å². The van der Waals surface area contributed by atoms with Gasteiger partial charge in [-0.05, 0) is 135 Å². The number of halogens is 2. The lowest BCUT2D eigenvalue weighted by molar-refractivity contribution is -0.128. The van der Waals surface area contributed by atoms with Gasteiger partial charge in [0, 0.05) is 34.0 Å². The van der Waals surface area contributed by atoms with Crippen molar-refractivity contribution < 1.29 is 28.0 Å². The van der Waals surface area contributed by atoms with Crippen LogP contribution < -0.4 is 20.4 Å². The Kier molecular flexibility index (Phi) is 12.0. The fourth-order valence-electron chi connectivity index (χ4n) is 10.5. The third kappa shape index (κ3) is 8.47. The molecule has 0 bridgehead atoms. The molecular formula is C58H54F2N8O4. The number of rotatable bonds is 11. The lowest BCUT2D eigenvalue weighted by Crippen LogP contribution is -2.48. The summed E-state index contributed by atoms with van der Waals surface area (Å²) in [7, 11) is 0. The smallest absolute Gasteiger partial charge is 0.235 e. The van der Waals surface area contributed by atoms with Crippen molar-refractivity contribution in [3.8, 4) is 11.4 Å². The fraction of sp³-hybridized carbons (Fsp3) is 0.276. The first-order valence-electron chi connectivity index (χ1n) is 24.8. The van der Waals surface area contributed by atoms with Crippen molar-refractivity contribution in [1.29, 1.82) is 0 Å². The highest BCUT2D eigenvalue weighted by Crippen LogP contribution is 2.49. The number of aromatic nitrogens is 4. The van der Waals surface area contributed by atoms with Gasteiger partial charge in [0.1, 0.15) is 11.6 Å². The van der Waals surface area contributed by atoms with Crippen LogP contribution in [0.15, 0.2) is 158 Å². The molecule has 2 aliphatic heterocycles. The van der Waals surface area contributed by atoms with Gasteiger partial charge < -0.3 is 20.4 Å². The van der Waals surface area contributed by atoms with E-state index in [1.54, 1.807) is 46.0 Å². The van der Waals surface area contributed by atoms with Crippen molar-refractivity contribution in [3.63, 3.8) is 0 Å². The molecule has 12 nitrogen and oxygen atoms in total. The second kappa shape index (κ2) is 18.6. The Bertz CT molecular complexity index is 3340. The molecular weight excluding hydrogens is 911 g/mol. The Hall–Kier alpha value is -8.00. The van der Waals surface area contributed by atoms with Crippen LogP contribution in [0.5, 0.6) is 0 Å². The summed E-state index contributed by atoms with van der Waals surface area (Å²) in [5, 5.41) is 17.2. The van der Waals surface area contributed by atoms with E-state index in [4.69, 9.17) is 0 Å². The molecule has 2 aromatic heterocycles. The van der Waals surface area contributed by atoms with Gasteiger partial charge in [-0.1, -0.05) is 74.5 Å². The lowest BCUT2D eigenvalue weighted by atomic mass is 9.78. The molecule has 6 atom stereocenters. The maximum absolute atomic E-state index is 14.1. The van der Waals surface area contributed by atoms with Gasteiger partial charge in [0.05, 0.1) is 70.3 Å². The Morgan fingerprint density at radius 2 is 1.04 bits per heavy atom. The molecule has 4 aliphatic rings. The Morgan fingerprint density at radius 1 is 0.597 bits per heavy atom. The zero-order valence-corrected chi connectivity index (χ0v) is 40.2. The van der Waals surface area contributed by atoms with Crippen LogP contribution in [0.1, 0.15) is 76.1 Å².